The van der Waals surface area contributed by atoms with Crippen LogP contribution in [0.3, 0.4) is 0 Å². The van der Waals surface area contributed by atoms with Crippen LogP contribution in [0.5, 0.6) is 5.75 Å². The maximum absolute atomic E-state index is 12.0. The van der Waals surface area contributed by atoms with Gasteiger partial charge in [-0.2, -0.15) is 0 Å². The highest BCUT2D eigenvalue weighted by atomic mass is 32.2. The fraction of sp³-hybridized carbons (Fsp3) is 0.294. The molecule has 1 amide bonds. The molecular formula is C17H21N3O4S. The summed E-state index contributed by atoms with van der Waals surface area (Å²) >= 11 is 0. The normalized spacial score (nSPS) is 11.3. The molecule has 1 aromatic heterocycles. The number of carbonyl (C=O) groups is 1. The Kier molecular flexibility index (Phi) is 6.49. The van der Waals surface area contributed by atoms with E-state index in [9.17, 15) is 13.2 Å². The molecule has 0 saturated heterocycles. The summed E-state index contributed by atoms with van der Waals surface area (Å²) in [6, 6.07) is 11.2. The second-order valence-corrected chi connectivity index (χ2v) is 7.35. The second-order valence-electron chi connectivity index (χ2n) is 5.63. The quantitative estimate of drug-likeness (QED) is 0.740. The average molecular weight is 363 g/mol. The molecule has 0 aliphatic heterocycles. The first-order valence-corrected chi connectivity index (χ1v) is 9.27. The van der Waals surface area contributed by atoms with Gasteiger partial charge in [-0.15, -0.1) is 0 Å². The predicted octanol–water partition coefficient (Wildman–Crippen LogP) is 1.46. The van der Waals surface area contributed by atoms with E-state index in [0.29, 0.717) is 12.3 Å². The minimum atomic E-state index is -3.54. The molecular weight excluding hydrogens is 342 g/mol. The van der Waals surface area contributed by atoms with Crippen LogP contribution in [0.15, 0.2) is 53.6 Å². The third kappa shape index (κ3) is 6.17. The Morgan fingerprint density at radius 2 is 1.88 bits per heavy atom. The van der Waals surface area contributed by atoms with E-state index in [1.807, 2.05) is 12.1 Å². The van der Waals surface area contributed by atoms with E-state index in [-0.39, 0.29) is 23.5 Å². The zero-order valence-electron chi connectivity index (χ0n) is 14.1. The van der Waals surface area contributed by atoms with E-state index < -0.39 is 10.0 Å². The van der Waals surface area contributed by atoms with Gasteiger partial charge in [-0.25, -0.2) is 13.1 Å². The van der Waals surface area contributed by atoms with E-state index >= 15 is 0 Å². The first-order chi connectivity index (χ1) is 11.9. The third-order valence-corrected chi connectivity index (χ3v) is 4.76. The summed E-state index contributed by atoms with van der Waals surface area (Å²) in [5, 5.41) is 2.69. The number of rotatable bonds is 8. The molecule has 0 aliphatic rings. The van der Waals surface area contributed by atoms with Crippen LogP contribution in [0.4, 0.5) is 0 Å². The highest BCUT2D eigenvalue weighted by Crippen LogP contribution is 2.16. The van der Waals surface area contributed by atoms with Crippen molar-refractivity contribution in [2.45, 2.75) is 31.3 Å². The van der Waals surface area contributed by atoms with Crippen molar-refractivity contribution in [2.24, 2.45) is 0 Å². The van der Waals surface area contributed by atoms with E-state index in [4.69, 9.17) is 4.74 Å². The van der Waals surface area contributed by atoms with Gasteiger partial charge < -0.3 is 10.1 Å². The van der Waals surface area contributed by atoms with Crippen molar-refractivity contribution < 1.29 is 17.9 Å². The zero-order valence-corrected chi connectivity index (χ0v) is 14.9. The van der Waals surface area contributed by atoms with Crippen molar-refractivity contribution in [3.63, 3.8) is 0 Å². The van der Waals surface area contributed by atoms with Gasteiger partial charge in [0.25, 0.3) is 5.91 Å². The van der Waals surface area contributed by atoms with Crippen LogP contribution in [-0.4, -0.2) is 32.0 Å². The SMILES string of the molecule is CC(C)NS(=O)(=O)c1ccc(OCC(=O)NCc2ccccn2)cc1. The maximum atomic E-state index is 12.0. The van der Waals surface area contributed by atoms with Gasteiger partial charge in [0.1, 0.15) is 5.75 Å². The summed E-state index contributed by atoms with van der Waals surface area (Å²) in [5.74, 6) is 0.125. The van der Waals surface area contributed by atoms with Gasteiger partial charge in [-0.05, 0) is 50.2 Å². The van der Waals surface area contributed by atoms with Crippen LogP contribution < -0.4 is 14.8 Å². The number of pyridine rings is 1. The molecule has 8 heteroatoms. The fourth-order valence-electron chi connectivity index (χ4n) is 1.99. The summed E-state index contributed by atoms with van der Waals surface area (Å²) in [4.78, 5) is 16.0. The molecule has 0 aliphatic carbocycles. The lowest BCUT2D eigenvalue weighted by atomic mass is 10.3. The minimum absolute atomic E-state index is 0.146. The largest absolute Gasteiger partial charge is 0.484 e. The van der Waals surface area contributed by atoms with Crippen LogP contribution in [0.25, 0.3) is 0 Å². The van der Waals surface area contributed by atoms with Crippen LogP contribution in [0.1, 0.15) is 19.5 Å². The summed E-state index contributed by atoms with van der Waals surface area (Å²) in [5.41, 5.74) is 0.753. The molecule has 1 aromatic carbocycles. The number of nitrogens with one attached hydrogen (secondary N) is 2. The van der Waals surface area contributed by atoms with E-state index in [1.165, 1.54) is 24.3 Å². The molecule has 0 atom stereocenters. The monoisotopic (exact) mass is 363 g/mol. The van der Waals surface area contributed by atoms with Crippen molar-refractivity contribution in [3.05, 3.63) is 54.4 Å². The van der Waals surface area contributed by atoms with E-state index in [2.05, 4.69) is 15.0 Å². The molecule has 2 aromatic rings. The molecule has 2 N–H and O–H groups in total. The lowest BCUT2D eigenvalue weighted by Crippen LogP contribution is -2.30. The Balaban J connectivity index is 1.84. The Labute approximate surface area is 147 Å². The van der Waals surface area contributed by atoms with Crippen molar-refractivity contribution in [1.82, 2.24) is 15.0 Å². The fourth-order valence-corrected chi connectivity index (χ4v) is 3.24. The van der Waals surface area contributed by atoms with E-state index in [0.717, 1.165) is 5.69 Å². The lowest BCUT2D eigenvalue weighted by Gasteiger charge is -2.11. The molecule has 2 rings (SSSR count). The number of sulfonamides is 1. The van der Waals surface area contributed by atoms with E-state index in [1.54, 1.807) is 26.1 Å². The van der Waals surface area contributed by atoms with Crippen molar-refractivity contribution in [3.8, 4) is 5.75 Å². The standard InChI is InChI=1S/C17H21N3O4S/c1-13(2)20-25(22,23)16-8-6-15(7-9-16)24-12-17(21)19-11-14-5-3-4-10-18-14/h3-10,13,20H,11-12H2,1-2H3,(H,19,21). The van der Waals surface area contributed by atoms with Gasteiger partial charge in [0, 0.05) is 12.2 Å². The van der Waals surface area contributed by atoms with Crippen molar-refractivity contribution in [1.29, 1.82) is 0 Å². The molecule has 0 spiro atoms. The Bertz CT molecular complexity index is 790. The first kappa shape index (κ1) is 18.9. The van der Waals surface area contributed by atoms with Gasteiger partial charge in [0.15, 0.2) is 6.61 Å². The Morgan fingerprint density at radius 1 is 1.16 bits per heavy atom. The van der Waals surface area contributed by atoms with Gasteiger partial charge in [-0.1, -0.05) is 6.07 Å². The Morgan fingerprint density at radius 3 is 2.48 bits per heavy atom. The minimum Gasteiger partial charge on any atom is -0.484 e. The van der Waals surface area contributed by atoms with Crippen LogP contribution in [-0.2, 0) is 21.4 Å². The molecule has 0 fully saturated rings. The molecule has 134 valence electrons. The molecule has 0 unspecified atom stereocenters. The van der Waals surface area contributed by atoms with Gasteiger partial charge in [-0.3, -0.25) is 9.78 Å². The summed E-state index contributed by atoms with van der Waals surface area (Å²) in [7, 11) is -3.54. The van der Waals surface area contributed by atoms with Crippen molar-refractivity contribution >= 4 is 15.9 Å². The molecule has 7 nitrogen and oxygen atoms in total. The molecule has 0 saturated carbocycles. The zero-order chi connectivity index (χ0) is 18.3. The first-order valence-electron chi connectivity index (χ1n) is 7.78. The molecule has 0 bridgehead atoms. The number of nitrogens with zero attached hydrogens (tertiary/aromatic N) is 1. The van der Waals surface area contributed by atoms with Gasteiger partial charge in [0.05, 0.1) is 17.1 Å². The highest BCUT2D eigenvalue weighted by Gasteiger charge is 2.15. The number of hydrogen-bond donors (Lipinski definition) is 2. The maximum Gasteiger partial charge on any atom is 0.258 e. The highest BCUT2D eigenvalue weighted by molar-refractivity contribution is 7.89. The average Bonchev–Trinajstić information content (AvgIpc) is 2.58. The van der Waals surface area contributed by atoms with Crippen LogP contribution in [0.2, 0.25) is 0 Å². The molecule has 0 radical (unpaired) electrons. The van der Waals surface area contributed by atoms with Gasteiger partial charge >= 0.3 is 0 Å². The number of carbonyl (C=O) groups excluding carboxylic acids is 1. The van der Waals surface area contributed by atoms with Crippen LogP contribution in [0, 0.1) is 0 Å². The summed E-state index contributed by atoms with van der Waals surface area (Å²) in [6.45, 7) is 3.65. The van der Waals surface area contributed by atoms with Crippen LogP contribution >= 0.6 is 0 Å². The number of benzene rings is 1. The predicted molar refractivity (Wildman–Crippen MR) is 93.5 cm³/mol. The number of hydrogen-bond acceptors (Lipinski definition) is 5. The number of ether oxygens (including phenoxy) is 1. The summed E-state index contributed by atoms with van der Waals surface area (Å²) < 4.78 is 31.9. The second kappa shape index (κ2) is 8.59. The lowest BCUT2D eigenvalue weighted by molar-refractivity contribution is -0.123. The smallest absolute Gasteiger partial charge is 0.258 e. The van der Waals surface area contributed by atoms with Gasteiger partial charge in [0.2, 0.25) is 10.0 Å². The number of amides is 1. The molecule has 1 heterocycles. The molecule has 25 heavy (non-hydrogen) atoms. The van der Waals surface area contributed by atoms with Crippen molar-refractivity contribution in [2.75, 3.05) is 6.61 Å². The number of aromatic nitrogens is 1. The Hall–Kier alpha value is -2.45. The third-order valence-electron chi connectivity index (χ3n) is 3.09. The summed E-state index contributed by atoms with van der Waals surface area (Å²) in [6.07, 6.45) is 1.65. The topological polar surface area (TPSA) is 97.4 Å².